The molecule has 1 aromatic rings. The summed E-state index contributed by atoms with van der Waals surface area (Å²) in [5.41, 5.74) is 0.924. The minimum absolute atomic E-state index is 0.231. The summed E-state index contributed by atoms with van der Waals surface area (Å²) in [6.45, 7) is 0. The maximum absolute atomic E-state index is 10.9. The van der Waals surface area contributed by atoms with E-state index in [-0.39, 0.29) is 5.97 Å². The second-order valence-electron chi connectivity index (χ2n) is 4.79. The molecular weight excluding hydrogens is 244 g/mol. The van der Waals surface area contributed by atoms with E-state index in [2.05, 4.69) is 4.74 Å². The maximum atomic E-state index is 10.9. The Kier molecular flexibility index (Phi) is 4.80. The first kappa shape index (κ1) is 13.9. The molecule has 0 spiro atoms. The lowest BCUT2D eigenvalue weighted by molar-refractivity contribution is -0.139. The third-order valence-corrected chi connectivity index (χ3v) is 3.46. The standard InChI is InChI=1S/C10H12O3.C5H8O/c1-12-9-5-3-8(4-6-9)7-10(11)13-2;1-2-5-3-4(1)6-5/h3-6H,7H2,1-2H3;4-5H,1-3H2. The molecule has 2 saturated heterocycles. The first-order valence-electron chi connectivity index (χ1n) is 6.56. The fourth-order valence-corrected chi connectivity index (χ4v) is 2.28. The van der Waals surface area contributed by atoms with Crippen LogP contribution in [0.1, 0.15) is 24.8 Å². The van der Waals surface area contributed by atoms with Crippen LogP contribution in [0.2, 0.25) is 0 Å². The fourth-order valence-electron chi connectivity index (χ4n) is 2.28. The first-order chi connectivity index (χ1) is 9.21. The van der Waals surface area contributed by atoms with Crippen LogP contribution in [-0.2, 0) is 20.7 Å². The average Bonchev–Trinajstić information content (AvgIpc) is 3.04. The van der Waals surface area contributed by atoms with Gasteiger partial charge in [-0.1, -0.05) is 12.1 Å². The predicted octanol–water partition coefficient (Wildman–Crippen LogP) is 2.35. The van der Waals surface area contributed by atoms with Crippen molar-refractivity contribution in [2.75, 3.05) is 14.2 Å². The number of fused-ring (bicyclic) bond motifs is 1. The summed E-state index contributed by atoms with van der Waals surface area (Å²) in [6.07, 6.45) is 5.72. The molecule has 0 amide bonds. The van der Waals surface area contributed by atoms with Gasteiger partial charge in [0.05, 0.1) is 32.8 Å². The van der Waals surface area contributed by atoms with Crippen molar-refractivity contribution >= 4 is 5.97 Å². The highest BCUT2D eigenvalue weighted by Gasteiger charge is 2.36. The van der Waals surface area contributed by atoms with Crippen LogP contribution in [-0.4, -0.2) is 32.4 Å². The Hall–Kier alpha value is -1.55. The molecule has 2 heterocycles. The number of carbonyl (C=O) groups excluding carboxylic acids is 1. The maximum Gasteiger partial charge on any atom is 0.309 e. The highest BCUT2D eigenvalue weighted by atomic mass is 16.5. The highest BCUT2D eigenvalue weighted by Crippen LogP contribution is 2.36. The lowest BCUT2D eigenvalue weighted by Gasteiger charge is -2.23. The summed E-state index contributed by atoms with van der Waals surface area (Å²) in [6, 6.07) is 7.32. The Labute approximate surface area is 113 Å². The van der Waals surface area contributed by atoms with E-state index < -0.39 is 0 Å². The van der Waals surface area contributed by atoms with Crippen LogP contribution in [0.5, 0.6) is 5.75 Å². The van der Waals surface area contributed by atoms with Crippen LogP contribution in [0.25, 0.3) is 0 Å². The minimum atomic E-state index is -0.231. The molecule has 3 aliphatic rings. The van der Waals surface area contributed by atoms with E-state index in [1.54, 1.807) is 7.11 Å². The van der Waals surface area contributed by atoms with Crippen LogP contribution in [0, 0.1) is 0 Å². The van der Waals surface area contributed by atoms with Gasteiger partial charge in [-0.05, 0) is 37.0 Å². The first-order valence-corrected chi connectivity index (χ1v) is 6.56. The molecule has 1 aliphatic carbocycles. The molecule has 104 valence electrons. The Balaban J connectivity index is 0.000000180. The largest absolute Gasteiger partial charge is 0.497 e. The summed E-state index contributed by atoms with van der Waals surface area (Å²) >= 11 is 0. The van der Waals surface area contributed by atoms with Crippen molar-refractivity contribution in [3.05, 3.63) is 29.8 Å². The monoisotopic (exact) mass is 264 g/mol. The van der Waals surface area contributed by atoms with Crippen molar-refractivity contribution in [2.24, 2.45) is 0 Å². The zero-order chi connectivity index (χ0) is 13.7. The molecule has 0 aromatic heterocycles. The van der Waals surface area contributed by atoms with E-state index in [0.29, 0.717) is 18.6 Å². The number of hydrogen-bond donors (Lipinski definition) is 0. The van der Waals surface area contributed by atoms with Gasteiger partial charge >= 0.3 is 5.97 Å². The van der Waals surface area contributed by atoms with E-state index in [1.165, 1.54) is 26.4 Å². The van der Waals surface area contributed by atoms with Crippen LogP contribution in [0.4, 0.5) is 0 Å². The van der Waals surface area contributed by atoms with Crippen molar-refractivity contribution in [1.82, 2.24) is 0 Å². The van der Waals surface area contributed by atoms with Gasteiger partial charge in [0.25, 0.3) is 0 Å². The molecule has 4 heteroatoms. The summed E-state index contributed by atoms with van der Waals surface area (Å²) in [7, 11) is 2.99. The molecule has 0 radical (unpaired) electrons. The molecule has 1 saturated carbocycles. The van der Waals surface area contributed by atoms with Gasteiger partial charge in [0.15, 0.2) is 0 Å². The quantitative estimate of drug-likeness (QED) is 0.786. The Bertz CT molecular complexity index is 393. The van der Waals surface area contributed by atoms with E-state index in [1.807, 2.05) is 24.3 Å². The molecule has 4 rings (SSSR count). The van der Waals surface area contributed by atoms with Gasteiger partial charge in [0, 0.05) is 0 Å². The van der Waals surface area contributed by atoms with Crippen molar-refractivity contribution in [1.29, 1.82) is 0 Å². The zero-order valence-corrected chi connectivity index (χ0v) is 11.4. The van der Waals surface area contributed by atoms with E-state index >= 15 is 0 Å². The Morgan fingerprint density at radius 1 is 1.21 bits per heavy atom. The van der Waals surface area contributed by atoms with Gasteiger partial charge in [-0.2, -0.15) is 0 Å². The third-order valence-electron chi connectivity index (χ3n) is 3.46. The molecule has 4 nitrogen and oxygen atoms in total. The molecule has 0 N–H and O–H groups in total. The minimum Gasteiger partial charge on any atom is -0.497 e. The second-order valence-corrected chi connectivity index (χ2v) is 4.79. The summed E-state index contributed by atoms with van der Waals surface area (Å²) < 4.78 is 14.8. The van der Waals surface area contributed by atoms with Gasteiger partial charge in [-0.15, -0.1) is 0 Å². The normalized spacial score (nSPS) is 22.8. The summed E-state index contributed by atoms with van der Waals surface area (Å²) in [5, 5.41) is 0. The number of esters is 1. The third kappa shape index (κ3) is 3.96. The highest BCUT2D eigenvalue weighted by molar-refractivity contribution is 5.72. The van der Waals surface area contributed by atoms with Crippen LogP contribution < -0.4 is 4.74 Å². The van der Waals surface area contributed by atoms with Crippen molar-refractivity contribution in [3.8, 4) is 5.75 Å². The number of rotatable bonds is 3. The van der Waals surface area contributed by atoms with Gasteiger partial charge in [0.1, 0.15) is 5.75 Å². The summed E-state index contributed by atoms with van der Waals surface area (Å²) in [4.78, 5) is 10.9. The van der Waals surface area contributed by atoms with Crippen molar-refractivity contribution < 1.29 is 19.0 Å². The van der Waals surface area contributed by atoms with E-state index in [4.69, 9.17) is 9.47 Å². The number of benzene rings is 1. The van der Waals surface area contributed by atoms with Gasteiger partial charge in [0.2, 0.25) is 0 Å². The molecule has 3 fully saturated rings. The Morgan fingerprint density at radius 3 is 2.16 bits per heavy atom. The number of carbonyl (C=O) groups is 1. The Morgan fingerprint density at radius 2 is 1.79 bits per heavy atom. The fraction of sp³-hybridized carbons (Fsp3) is 0.533. The molecule has 2 unspecified atom stereocenters. The topological polar surface area (TPSA) is 44.8 Å². The molecule has 19 heavy (non-hydrogen) atoms. The van der Waals surface area contributed by atoms with Crippen LogP contribution >= 0.6 is 0 Å². The lowest BCUT2D eigenvalue weighted by atomic mass is 10.1. The number of hydrogen-bond acceptors (Lipinski definition) is 4. The molecule has 2 atom stereocenters. The van der Waals surface area contributed by atoms with Gasteiger partial charge < -0.3 is 14.2 Å². The predicted molar refractivity (Wildman–Crippen MR) is 71.2 cm³/mol. The molecule has 2 aliphatic heterocycles. The molecule has 1 aromatic carbocycles. The van der Waals surface area contributed by atoms with Crippen LogP contribution in [0.3, 0.4) is 0 Å². The SMILES string of the molecule is C1CC2CC1O2.COC(=O)Cc1ccc(OC)cc1. The summed E-state index contributed by atoms with van der Waals surface area (Å²) in [5.74, 6) is 0.554. The molecule has 2 bridgehead atoms. The second kappa shape index (κ2) is 6.57. The van der Waals surface area contributed by atoms with Crippen molar-refractivity contribution in [3.63, 3.8) is 0 Å². The van der Waals surface area contributed by atoms with Crippen molar-refractivity contribution in [2.45, 2.75) is 37.9 Å². The lowest BCUT2D eigenvalue weighted by Crippen LogP contribution is -2.25. The number of methoxy groups -OCH3 is 2. The smallest absolute Gasteiger partial charge is 0.309 e. The van der Waals surface area contributed by atoms with Gasteiger partial charge in [-0.3, -0.25) is 4.79 Å². The van der Waals surface area contributed by atoms with E-state index in [0.717, 1.165) is 11.3 Å². The zero-order valence-electron chi connectivity index (χ0n) is 11.4. The van der Waals surface area contributed by atoms with E-state index in [9.17, 15) is 4.79 Å². The van der Waals surface area contributed by atoms with Crippen LogP contribution in [0.15, 0.2) is 24.3 Å². The number of ether oxygens (including phenoxy) is 3. The average molecular weight is 264 g/mol. The van der Waals surface area contributed by atoms with Gasteiger partial charge in [-0.25, -0.2) is 0 Å². The molecular formula is C15H20O4.